The Morgan fingerprint density at radius 3 is 2.54 bits per heavy atom. The summed E-state index contributed by atoms with van der Waals surface area (Å²) < 4.78 is 19.7. The molecule has 0 unspecified atom stereocenters. The van der Waals surface area contributed by atoms with Crippen LogP contribution in [0.4, 0.5) is 0 Å². The monoisotopic (exact) mass is 690 g/mol. The van der Waals surface area contributed by atoms with E-state index in [2.05, 4.69) is 49.1 Å². The molecule has 3 aromatic carbocycles. The Balaban J connectivity index is 1.31. The lowest BCUT2D eigenvalue weighted by atomic mass is 9.48. The summed E-state index contributed by atoms with van der Waals surface area (Å²) in [5.41, 5.74) is 2.98. The molecule has 0 N–H and O–H groups in total. The van der Waals surface area contributed by atoms with Crippen LogP contribution in [0.1, 0.15) is 62.3 Å². The minimum Gasteiger partial charge on any atom is -0.493 e. The summed E-state index contributed by atoms with van der Waals surface area (Å²) >= 11 is 12.5. The van der Waals surface area contributed by atoms with Gasteiger partial charge in [0.1, 0.15) is 11.7 Å². The highest BCUT2D eigenvalue weighted by atomic mass is 35.5. The molecule has 7 rings (SSSR count). The van der Waals surface area contributed by atoms with E-state index < -0.39 is 17.1 Å². The number of methoxy groups -OCH3 is 1. The van der Waals surface area contributed by atoms with Gasteiger partial charge in [0, 0.05) is 25.6 Å². The predicted molar refractivity (Wildman–Crippen MR) is 187 cm³/mol. The second-order valence-corrected chi connectivity index (χ2v) is 15.2. The fourth-order valence-corrected chi connectivity index (χ4v) is 9.76. The number of halogens is 2. The van der Waals surface area contributed by atoms with Gasteiger partial charge in [0.25, 0.3) is 0 Å². The maximum atomic E-state index is 14.4. The van der Waals surface area contributed by atoms with E-state index in [1.165, 1.54) is 18.1 Å². The number of hydrogen-bond donors (Lipinski definition) is 0. The Morgan fingerprint density at radius 1 is 1.04 bits per heavy atom. The summed E-state index contributed by atoms with van der Waals surface area (Å²) in [6.07, 6.45) is 3.48. The molecule has 254 valence electrons. The molecule has 3 aromatic rings. The quantitative estimate of drug-likeness (QED) is 0.212. The molecule has 1 amide bonds. The molecule has 1 saturated heterocycles. The Kier molecular flexibility index (Phi) is 8.93. The number of amides is 1. The lowest BCUT2D eigenvalue weighted by Crippen LogP contribution is -2.79. The zero-order chi connectivity index (χ0) is 33.8. The van der Waals surface area contributed by atoms with Crippen LogP contribution in [-0.4, -0.2) is 72.2 Å². The molecule has 2 heterocycles. The number of carbonyl (C=O) groups excluding carboxylic acids is 2. The van der Waals surface area contributed by atoms with Gasteiger partial charge in [0.2, 0.25) is 5.91 Å². The molecule has 4 aliphatic rings. The molecular formula is C39H44Cl2N2O5. The molecular weight excluding hydrogens is 647 g/mol. The zero-order valence-corrected chi connectivity index (χ0v) is 29.7. The van der Waals surface area contributed by atoms with Crippen molar-refractivity contribution in [2.75, 3.05) is 26.7 Å². The number of esters is 1. The number of benzene rings is 3. The van der Waals surface area contributed by atoms with E-state index in [0.717, 1.165) is 49.2 Å². The van der Waals surface area contributed by atoms with Crippen LogP contribution in [0.25, 0.3) is 0 Å². The molecule has 2 bridgehead atoms. The number of hydrogen-bond acceptors (Lipinski definition) is 6. The van der Waals surface area contributed by atoms with Gasteiger partial charge in [-0.3, -0.25) is 14.5 Å². The van der Waals surface area contributed by atoms with Crippen LogP contribution in [0.15, 0.2) is 60.7 Å². The van der Waals surface area contributed by atoms with Crippen LogP contribution in [0.5, 0.6) is 11.5 Å². The van der Waals surface area contributed by atoms with E-state index >= 15 is 0 Å². The molecule has 9 heteroatoms. The molecule has 2 aliphatic carbocycles. The molecule has 2 aliphatic heterocycles. The first kappa shape index (κ1) is 33.2. The summed E-state index contributed by atoms with van der Waals surface area (Å²) in [4.78, 5) is 32.1. The molecule has 2 fully saturated rings. The maximum absolute atomic E-state index is 14.4. The van der Waals surface area contributed by atoms with Crippen molar-refractivity contribution in [3.05, 3.63) is 93.0 Å². The van der Waals surface area contributed by atoms with Gasteiger partial charge in [-0.15, -0.1) is 0 Å². The summed E-state index contributed by atoms with van der Waals surface area (Å²) in [7, 11) is 1.67. The fraction of sp³-hybridized carbons (Fsp3) is 0.487. The highest BCUT2D eigenvalue weighted by molar-refractivity contribution is 6.42. The van der Waals surface area contributed by atoms with E-state index in [0.29, 0.717) is 35.2 Å². The Morgan fingerprint density at radius 2 is 1.83 bits per heavy atom. The zero-order valence-electron chi connectivity index (χ0n) is 28.1. The highest BCUT2D eigenvalue weighted by Crippen LogP contribution is 2.67. The third kappa shape index (κ3) is 5.37. The van der Waals surface area contributed by atoms with E-state index in [1.54, 1.807) is 19.2 Å². The van der Waals surface area contributed by atoms with Gasteiger partial charge >= 0.3 is 5.97 Å². The first-order chi connectivity index (χ1) is 23.1. The van der Waals surface area contributed by atoms with Crippen molar-refractivity contribution in [1.29, 1.82) is 0 Å². The van der Waals surface area contributed by atoms with Gasteiger partial charge in [-0.2, -0.15) is 0 Å². The summed E-state index contributed by atoms with van der Waals surface area (Å²) in [5.74, 6) is 1.38. The number of likely N-dealkylation sites (tertiary alicyclic amines) is 1. The number of ether oxygens (including phenoxy) is 3. The summed E-state index contributed by atoms with van der Waals surface area (Å²) in [6, 6.07) is 19.8. The average Bonchev–Trinajstić information content (AvgIpc) is 3.41. The third-order valence-electron chi connectivity index (χ3n) is 11.2. The number of rotatable bonds is 10. The minimum absolute atomic E-state index is 0.0166. The van der Waals surface area contributed by atoms with Crippen LogP contribution >= 0.6 is 23.2 Å². The van der Waals surface area contributed by atoms with E-state index in [9.17, 15) is 9.59 Å². The first-order valence-electron chi connectivity index (χ1n) is 17.2. The van der Waals surface area contributed by atoms with E-state index in [1.807, 2.05) is 23.1 Å². The van der Waals surface area contributed by atoms with Crippen molar-refractivity contribution in [2.24, 2.45) is 5.92 Å². The second-order valence-electron chi connectivity index (χ2n) is 14.3. The standard InChI is InChI=1S/C39H44Cl2N2O5/c1-24(2)23-43(34(45)21-27-10-12-29(40)30(41)20-27)31-14-16-39(48-25(3)44)33-22-28-11-13-32(46-4)36-35(28)38(39,37(31)47-36)17-19-42(33)18-15-26-8-6-5-7-9-26/h5-13,20,24,31,33,37H,14-19,21-23H2,1-4H3/t31-,33+,37-,38-,39+/m0/s1. The van der Waals surface area contributed by atoms with Crippen molar-refractivity contribution >= 4 is 35.1 Å². The van der Waals surface area contributed by atoms with Crippen LogP contribution < -0.4 is 9.47 Å². The number of piperidine rings is 1. The van der Waals surface area contributed by atoms with Gasteiger partial charge in [0.05, 0.1) is 41.1 Å². The molecule has 7 nitrogen and oxygen atoms in total. The second kappa shape index (κ2) is 12.9. The van der Waals surface area contributed by atoms with E-state index in [-0.39, 0.29) is 36.3 Å². The largest absolute Gasteiger partial charge is 0.493 e. The van der Waals surface area contributed by atoms with Crippen LogP contribution in [0, 0.1) is 5.92 Å². The Labute approximate surface area is 293 Å². The minimum atomic E-state index is -0.810. The molecule has 5 atom stereocenters. The van der Waals surface area contributed by atoms with Gasteiger partial charge in [-0.25, -0.2) is 0 Å². The third-order valence-corrected chi connectivity index (χ3v) is 11.9. The van der Waals surface area contributed by atoms with Crippen LogP contribution in [0.3, 0.4) is 0 Å². The highest BCUT2D eigenvalue weighted by Gasteiger charge is 2.75. The van der Waals surface area contributed by atoms with Gasteiger partial charge in [-0.1, -0.05) is 79.5 Å². The lowest BCUT2D eigenvalue weighted by Gasteiger charge is -2.65. The van der Waals surface area contributed by atoms with Crippen molar-refractivity contribution in [2.45, 2.75) is 88.5 Å². The van der Waals surface area contributed by atoms with Crippen molar-refractivity contribution < 1.29 is 23.8 Å². The number of carbonyl (C=O) groups is 2. The topological polar surface area (TPSA) is 68.3 Å². The summed E-state index contributed by atoms with van der Waals surface area (Å²) in [6.45, 7) is 8.08. The average molecular weight is 692 g/mol. The normalized spacial score (nSPS) is 26.9. The molecule has 1 spiro atoms. The Bertz CT molecular complexity index is 1720. The molecule has 1 saturated carbocycles. The van der Waals surface area contributed by atoms with Crippen molar-refractivity contribution in [1.82, 2.24) is 9.80 Å². The van der Waals surface area contributed by atoms with Crippen LogP contribution in [-0.2, 0) is 39.0 Å². The smallest absolute Gasteiger partial charge is 0.303 e. The molecule has 0 radical (unpaired) electrons. The van der Waals surface area contributed by atoms with Gasteiger partial charge in [-0.05, 0) is 79.5 Å². The fourth-order valence-electron chi connectivity index (χ4n) is 9.44. The first-order valence-corrected chi connectivity index (χ1v) is 17.9. The van der Waals surface area contributed by atoms with Crippen molar-refractivity contribution in [3.8, 4) is 11.5 Å². The Hall–Kier alpha value is -3.26. The molecule has 48 heavy (non-hydrogen) atoms. The summed E-state index contributed by atoms with van der Waals surface area (Å²) in [5, 5.41) is 0.894. The predicted octanol–water partition coefficient (Wildman–Crippen LogP) is 7.07. The number of nitrogens with zero attached hydrogens (tertiary/aromatic N) is 2. The maximum Gasteiger partial charge on any atom is 0.303 e. The van der Waals surface area contributed by atoms with Crippen molar-refractivity contribution in [3.63, 3.8) is 0 Å². The van der Waals surface area contributed by atoms with Gasteiger partial charge in [0.15, 0.2) is 11.5 Å². The molecule has 0 aromatic heterocycles. The SMILES string of the molecule is COc1ccc2c3c1O[C@H]1[C@@H](N(CC(C)C)C(=O)Cc4ccc(Cl)c(Cl)c4)CC[C@@]4(OC(C)=O)[C@@H](C2)N(CCc2ccccc2)CC[C@]314. The van der Waals surface area contributed by atoms with Crippen LogP contribution in [0.2, 0.25) is 10.0 Å². The lowest BCUT2D eigenvalue weighted by molar-refractivity contribution is -0.224. The van der Waals surface area contributed by atoms with E-state index in [4.69, 9.17) is 37.4 Å². The van der Waals surface area contributed by atoms with Gasteiger partial charge < -0.3 is 19.1 Å².